The Labute approximate surface area is 214 Å². The van der Waals surface area contributed by atoms with Crippen molar-refractivity contribution in [1.82, 2.24) is 15.1 Å². The largest absolute Gasteiger partial charge is 0.479 e. The smallest absolute Gasteiger partial charge is 0.416 e. The maximum Gasteiger partial charge on any atom is 0.416 e. The van der Waals surface area contributed by atoms with Crippen molar-refractivity contribution >= 4 is 45.8 Å². The van der Waals surface area contributed by atoms with E-state index in [0.29, 0.717) is 35.4 Å². The number of nitrogens with one attached hydrogen (secondary N) is 1. The normalized spacial score (nSPS) is 19.4. The number of carbonyl (C=O) groups is 2. The van der Waals surface area contributed by atoms with E-state index in [1.54, 1.807) is 24.3 Å². The number of fused-ring (bicyclic) bond motifs is 1. The second-order valence-corrected chi connectivity index (χ2v) is 9.84. The Bertz CT molecular complexity index is 1540. The summed E-state index contributed by atoms with van der Waals surface area (Å²) in [6, 6.07) is 6.31. The summed E-state index contributed by atoms with van der Waals surface area (Å²) in [5.41, 5.74) is -3.35. The van der Waals surface area contributed by atoms with Crippen molar-refractivity contribution in [3.63, 3.8) is 0 Å². The lowest BCUT2D eigenvalue weighted by Crippen LogP contribution is -2.26. The number of aromatic nitrogens is 2. The van der Waals surface area contributed by atoms with Crippen molar-refractivity contribution in [2.24, 2.45) is 4.99 Å². The predicted octanol–water partition coefficient (Wildman–Crippen LogP) is 5.30. The zero-order chi connectivity index (χ0) is 27.5. The fourth-order valence-corrected chi connectivity index (χ4v) is 4.87. The summed E-state index contributed by atoms with van der Waals surface area (Å²) in [6.45, 7) is -0.416. The monoisotopic (exact) mass is 554 g/mol. The van der Waals surface area contributed by atoms with E-state index in [9.17, 15) is 41.0 Å². The summed E-state index contributed by atoms with van der Waals surface area (Å²) in [4.78, 5) is 28.1. The summed E-state index contributed by atoms with van der Waals surface area (Å²) < 4.78 is 80.7. The van der Waals surface area contributed by atoms with Crippen molar-refractivity contribution < 1.29 is 41.0 Å². The number of nitrogens with zero attached hydrogens (tertiary/aromatic N) is 3. The molecule has 1 aromatic heterocycles. The van der Waals surface area contributed by atoms with Crippen molar-refractivity contribution in [3.8, 4) is 0 Å². The number of thioether (sulfide) groups is 1. The van der Waals surface area contributed by atoms with E-state index in [1.807, 2.05) is 0 Å². The molecule has 0 radical (unpaired) electrons. The van der Waals surface area contributed by atoms with Gasteiger partial charge in [-0.3, -0.25) is 9.48 Å². The van der Waals surface area contributed by atoms with Gasteiger partial charge in [0.1, 0.15) is 0 Å². The molecule has 1 saturated heterocycles. The van der Waals surface area contributed by atoms with E-state index in [2.05, 4.69) is 15.4 Å². The van der Waals surface area contributed by atoms with Crippen LogP contribution in [0.2, 0.25) is 0 Å². The van der Waals surface area contributed by atoms with Gasteiger partial charge in [0.15, 0.2) is 10.7 Å². The number of carbonyl (C=O) groups excluding carboxylic acids is 1. The number of benzene rings is 2. The Morgan fingerprint density at radius 1 is 1.13 bits per heavy atom. The number of aliphatic carboxylic acids is 1. The highest BCUT2D eigenvalue weighted by atomic mass is 32.2. The third-order valence-corrected chi connectivity index (χ3v) is 7.02. The molecule has 2 fully saturated rings. The first-order valence-electron chi connectivity index (χ1n) is 11.0. The predicted molar refractivity (Wildman–Crippen MR) is 126 cm³/mol. The van der Waals surface area contributed by atoms with Crippen LogP contribution in [0, 0.1) is 0 Å². The molecule has 3 aromatic rings. The van der Waals surface area contributed by atoms with Crippen molar-refractivity contribution in [1.29, 1.82) is 0 Å². The maximum atomic E-state index is 13.5. The van der Waals surface area contributed by atoms with Gasteiger partial charge in [0.05, 0.1) is 34.3 Å². The summed E-state index contributed by atoms with van der Waals surface area (Å²) in [6.07, 6.45) is -6.19. The first-order valence-corrected chi connectivity index (χ1v) is 11.8. The van der Waals surface area contributed by atoms with Gasteiger partial charge in [0, 0.05) is 5.39 Å². The van der Waals surface area contributed by atoms with Gasteiger partial charge < -0.3 is 10.4 Å². The fourth-order valence-electron chi connectivity index (χ4n) is 3.96. The van der Waals surface area contributed by atoms with E-state index in [4.69, 9.17) is 0 Å². The van der Waals surface area contributed by atoms with Crippen LogP contribution >= 0.6 is 11.8 Å². The maximum absolute atomic E-state index is 13.5. The Hall–Kier alpha value is -3.81. The quantitative estimate of drug-likeness (QED) is 0.330. The average molecular weight is 554 g/mol. The van der Waals surface area contributed by atoms with Gasteiger partial charge in [-0.05, 0) is 66.1 Å². The van der Waals surface area contributed by atoms with Crippen LogP contribution in [0.5, 0.6) is 0 Å². The number of aliphatic imine (C=N–C) groups is 1. The minimum absolute atomic E-state index is 0.0920. The molecule has 2 aromatic carbocycles. The first kappa shape index (κ1) is 25.8. The lowest BCUT2D eigenvalue weighted by Gasteiger charge is -2.16. The van der Waals surface area contributed by atoms with Gasteiger partial charge in [-0.2, -0.15) is 31.4 Å². The van der Waals surface area contributed by atoms with Gasteiger partial charge in [-0.1, -0.05) is 12.1 Å². The molecule has 1 saturated carbocycles. The van der Waals surface area contributed by atoms with E-state index >= 15 is 0 Å². The number of carboxylic acid groups (broad SMARTS) is 1. The summed E-state index contributed by atoms with van der Waals surface area (Å²) in [5, 5.41) is 16.6. The van der Waals surface area contributed by atoms with Gasteiger partial charge in [0.2, 0.25) is 0 Å². The third kappa shape index (κ3) is 4.99. The van der Waals surface area contributed by atoms with Crippen LogP contribution in [-0.2, 0) is 28.5 Å². The van der Waals surface area contributed by atoms with Crippen LogP contribution in [0.15, 0.2) is 52.5 Å². The number of hydrogen-bond acceptors (Lipinski definition) is 5. The molecule has 0 spiro atoms. The summed E-state index contributed by atoms with van der Waals surface area (Å²) in [5.74, 6) is -1.51. The average Bonchev–Trinajstić information content (AvgIpc) is 3.39. The lowest BCUT2D eigenvalue weighted by atomic mass is 10.0. The standard InChI is InChI=1S/C24H16F6N4O3S/c25-23(26,27)15-3-2-13(16(9-15)24(28,29)30)11-34-17-4-1-12(7-14(17)10-31-34)8-18-19(35)32-21(38-18)33-22(5-6-22)20(36)37/h1-4,7-10H,5-6,11H2,(H,36,37)(H,32,33,35). The molecule has 0 bridgehead atoms. The van der Waals surface area contributed by atoms with Crippen LogP contribution in [0.4, 0.5) is 26.3 Å². The Morgan fingerprint density at radius 3 is 2.50 bits per heavy atom. The summed E-state index contributed by atoms with van der Waals surface area (Å²) in [7, 11) is 0. The van der Waals surface area contributed by atoms with Crippen molar-refractivity contribution in [2.75, 3.05) is 0 Å². The molecule has 0 atom stereocenters. The van der Waals surface area contributed by atoms with Gasteiger partial charge in [-0.15, -0.1) is 0 Å². The van der Waals surface area contributed by atoms with Crippen molar-refractivity contribution in [2.45, 2.75) is 37.3 Å². The first-order chi connectivity index (χ1) is 17.7. The number of carboxylic acids is 1. The molecular weight excluding hydrogens is 538 g/mol. The molecule has 14 heteroatoms. The summed E-state index contributed by atoms with van der Waals surface area (Å²) >= 11 is 0.997. The molecule has 0 unspecified atom stereocenters. The highest BCUT2D eigenvalue weighted by molar-refractivity contribution is 8.18. The van der Waals surface area contributed by atoms with Crippen LogP contribution in [0.25, 0.3) is 17.0 Å². The van der Waals surface area contributed by atoms with Crippen LogP contribution < -0.4 is 5.32 Å². The van der Waals surface area contributed by atoms with Gasteiger partial charge >= 0.3 is 18.3 Å². The number of rotatable bonds is 5. The van der Waals surface area contributed by atoms with E-state index in [1.165, 1.54) is 10.9 Å². The molecule has 198 valence electrons. The molecule has 1 aliphatic carbocycles. The van der Waals surface area contributed by atoms with Crippen LogP contribution in [0.1, 0.15) is 35.1 Å². The molecule has 2 heterocycles. The fraction of sp³-hybridized carbons (Fsp3) is 0.250. The highest BCUT2D eigenvalue weighted by Crippen LogP contribution is 2.42. The second-order valence-electron chi connectivity index (χ2n) is 8.81. The van der Waals surface area contributed by atoms with E-state index < -0.39 is 47.4 Å². The molecule has 38 heavy (non-hydrogen) atoms. The van der Waals surface area contributed by atoms with E-state index in [0.717, 1.165) is 17.8 Å². The number of halogens is 6. The molecule has 2 N–H and O–H groups in total. The second kappa shape index (κ2) is 8.89. The Kier molecular flexibility index (Phi) is 6.04. The zero-order valence-corrected chi connectivity index (χ0v) is 19.8. The molecule has 5 rings (SSSR count). The number of amides is 1. The molecule has 7 nitrogen and oxygen atoms in total. The van der Waals surface area contributed by atoms with Crippen LogP contribution in [0.3, 0.4) is 0 Å². The van der Waals surface area contributed by atoms with Gasteiger partial charge in [0.25, 0.3) is 5.91 Å². The zero-order valence-electron chi connectivity index (χ0n) is 19.0. The molecule has 1 amide bonds. The molecule has 1 aliphatic heterocycles. The Balaban J connectivity index is 1.40. The SMILES string of the molecule is O=C1NC(=NC2(C(=O)O)CC2)SC1=Cc1ccc2c(cnn2Cc2ccc(C(F)(F)F)cc2C(F)(F)F)c1. The minimum atomic E-state index is -5.00. The Morgan fingerprint density at radius 2 is 1.87 bits per heavy atom. The lowest BCUT2D eigenvalue weighted by molar-refractivity contribution is -0.143. The minimum Gasteiger partial charge on any atom is -0.479 e. The van der Waals surface area contributed by atoms with Gasteiger partial charge in [-0.25, -0.2) is 9.79 Å². The van der Waals surface area contributed by atoms with Crippen LogP contribution in [-0.4, -0.2) is 37.5 Å². The number of alkyl halides is 6. The third-order valence-electron chi connectivity index (χ3n) is 6.11. The van der Waals surface area contributed by atoms with E-state index in [-0.39, 0.29) is 21.7 Å². The number of hydrogen-bond donors (Lipinski definition) is 2. The topological polar surface area (TPSA) is 96.6 Å². The number of amidine groups is 1. The molecule has 2 aliphatic rings. The molecular formula is C24H16F6N4O3S. The highest BCUT2D eigenvalue weighted by Gasteiger charge is 2.51. The van der Waals surface area contributed by atoms with Crippen molar-refractivity contribution in [3.05, 3.63) is 69.8 Å².